The van der Waals surface area contributed by atoms with Crippen molar-refractivity contribution in [3.63, 3.8) is 0 Å². The van der Waals surface area contributed by atoms with Crippen molar-refractivity contribution in [3.8, 4) is 0 Å². The van der Waals surface area contributed by atoms with Crippen LogP contribution in [0.3, 0.4) is 0 Å². The number of rotatable bonds is 0. The molecule has 0 spiro atoms. The van der Waals surface area contributed by atoms with Gasteiger partial charge in [-0.15, -0.1) is 0 Å². The molecule has 0 radical (unpaired) electrons. The lowest BCUT2D eigenvalue weighted by molar-refractivity contribution is 0.0990. The second-order valence-corrected chi connectivity index (χ2v) is 7.33. The van der Waals surface area contributed by atoms with Crippen molar-refractivity contribution in [2.45, 2.75) is 43.5 Å². The van der Waals surface area contributed by atoms with Crippen molar-refractivity contribution in [2.75, 3.05) is 0 Å². The van der Waals surface area contributed by atoms with E-state index in [0.29, 0.717) is 35.3 Å². The first kappa shape index (κ1) is 13.1. The molecule has 6 rings (SSSR count). The second kappa shape index (κ2) is 3.71. The molecule has 0 saturated carbocycles. The molecule has 4 atom stereocenters. The average molecular weight is 322 g/mol. The number of carbonyl (C=O) groups excluding carboxylic acids is 2. The number of hydrogen-bond donors (Lipinski definition) is 1. The summed E-state index contributed by atoms with van der Waals surface area (Å²) in [6.45, 7) is 2.05. The third kappa shape index (κ3) is 1.18. The van der Waals surface area contributed by atoms with E-state index in [1.165, 1.54) is 6.26 Å². The Morgan fingerprint density at radius 3 is 2.92 bits per heavy atom. The zero-order chi connectivity index (χ0) is 16.4. The minimum atomic E-state index is -0.749. The molecular formula is C19H14O5. The molecule has 2 aromatic rings. The van der Waals surface area contributed by atoms with Crippen LogP contribution in [0.15, 0.2) is 22.8 Å². The molecule has 0 unspecified atom stereocenters. The van der Waals surface area contributed by atoms with Gasteiger partial charge >= 0.3 is 0 Å². The maximum absolute atomic E-state index is 13.1. The monoisotopic (exact) mass is 322 g/mol. The Hall–Kier alpha value is -2.24. The molecule has 0 bridgehead atoms. The van der Waals surface area contributed by atoms with Crippen molar-refractivity contribution in [2.24, 2.45) is 0 Å². The lowest BCUT2D eigenvalue weighted by Crippen LogP contribution is -2.42. The fourth-order valence-electron chi connectivity index (χ4n) is 5.07. The van der Waals surface area contributed by atoms with Crippen molar-refractivity contribution in [3.05, 3.63) is 57.5 Å². The van der Waals surface area contributed by atoms with Crippen LogP contribution < -0.4 is 0 Å². The number of carbonyl (C=O) groups is 2. The number of Topliss-reactive ketones (excluding diaryl/α,β-unsaturated/α-hetero) is 1. The largest absolute Gasteiger partial charge is 0.460 e. The van der Waals surface area contributed by atoms with Crippen molar-refractivity contribution in [1.29, 1.82) is 0 Å². The average Bonchev–Trinajstić information content (AvgIpc) is 3.13. The molecule has 1 saturated heterocycles. The molecule has 24 heavy (non-hydrogen) atoms. The molecule has 1 aromatic carbocycles. The van der Waals surface area contributed by atoms with Gasteiger partial charge < -0.3 is 14.3 Å². The molecule has 2 heterocycles. The van der Waals surface area contributed by atoms with Gasteiger partial charge in [-0.1, -0.05) is 12.1 Å². The standard InChI is InChI=1S/C19H14O5/c1-19-10-4-2-7-8(3-5-11(7)20)12(10)15(22)16-13(19)9(6-23-16)14(21)17-18(19)24-17/h2,4,6,14,17-18,21H,3,5H2,1H3/t14-,17+,18+,19-/m1/s1. The molecule has 1 aliphatic heterocycles. The van der Waals surface area contributed by atoms with Gasteiger partial charge in [0.15, 0.2) is 11.5 Å². The molecule has 4 aliphatic rings. The van der Waals surface area contributed by atoms with E-state index in [2.05, 4.69) is 6.92 Å². The number of epoxide rings is 1. The van der Waals surface area contributed by atoms with Crippen LogP contribution in [-0.4, -0.2) is 28.9 Å². The number of aliphatic hydroxyl groups is 1. The maximum atomic E-state index is 13.1. The Bertz CT molecular complexity index is 984. The smallest absolute Gasteiger partial charge is 0.229 e. The number of aliphatic hydroxyl groups excluding tert-OH is 1. The van der Waals surface area contributed by atoms with E-state index < -0.39 is 11.5 Å². The first-order valence-corrected chi connectivity index (χ1v) is 8.23. The number of ether oxygens (including phenoxy) is 1. The Morgan fingerprint density at radius 1 is 1.25 bits per heavy atom. The Labute approximate surface area is 137 Å². The fraction of sp³-hybridized carbons (Fsp3) is 0.368. The third-order valence-electron chi connectivity index (χ3n) is 6.27. The van der Waals surface area contributed by atoms with E-state index in [-0.39, 0.29) is 23.8 Å². The molecule has 0 amide bonds. The molecule has 5 nitrogen and oxygen atoms in total. The van der Waals surface area contributed by atoms with E-state index in [4.69, 9.17) is 9.15 Å². The van der Waals surface area contributed by atoms with E-state index >= 15 is 0 Å². The number of hydrogen-bond acceptors (Lipinski definition) is 5. The van der Waals surface area contributed by atoms with Gasteiger partial charge in [-0.3, -0.25) is 9.59 Å². The lowest BCUT2D eigenvalue weighted by Gasteiger charge is -2.38. The molecule has 120 valence electrons. The van der Waals surface area contributed by atoms with Crippen molar-refractivity contribution < 1.29 is 23.8 Å². The molecule has 5 heteroatoms. The first-order valence-electron chi connectivity index (χ1n) is 8.23. The van der Waals surface area contributed by atoms with Crippen molar-refractivity contribution >= 4 is 11.6 Å². The van der Waals surface area contributed by atoms with Gasteiger partial charge in [0.25, 0.3) is 0 Å². The first-order chi connectivity index (χ1) is 11.5. The fourth-order valence-corrected chi connectivity index (χ4v) is 5.07. The number of ketones is 2. The molecule has 1 aromatic heterocycles. The highest BCUT2D eigenvalue weighted by atomic mass is 16.6. The summed E-state index contributed by atoms with van der Waals surface area (Å²) >= 11 is 0. The molecule has 1 fully saturated rings. The zero-order valence-electron chi connectivity index (χ0n) is 13.0. The molecule has 3 aliphatic carbocycles. The molecular weight excluding hydrogens is 308 g/mol. The summed E-state index contributed by atoms with van der Waals surface area (Å²) in [5.74, 6) is 0.207. The van der Waals surface area contributed by atoms with Gasteiger partial charge in [-0.05, 0) is 24.5 Å². The van der Waals surface area contributed by atoms with Crippen LogP contribution in [0.1, 0.15) is 68.2 Å². The van der Waals surface area contributed by atoms with Crippen LogP contribution in [-0.2, 0) is 16.6 Å². The van der Waals surface area contributed by atoms with E-state index in [1.54, 1.807) is 0 Å². The highest BCUT2D eigenvalue weighted by Gasteiger charge is 2.65. The number of fused-ring (bicyclic) bond motifs is 6. The van der Waals surface area contributed by atoms with Crippen molar-refractivity contribution in [1.82, 2.24) is 0 Å². The van der Waals surface area contributed by atoms with Gasteiger partial charge in [0, 0.05) is 28.7 Å². The lowest BCUT2D eigenvalue weighted by atomic mass is 9.61. The summed E-state index contributed by atoms with van der Waals surface area (Å²) in [4.78, 5) is 25.2. The van der Waals surface area contributed by atoms with Crippen LogP contribution in [0.25, 0.3) is 0 Å². The highest BCUT2D eigenvalue weighted by molar-refractivity contribution is 6.15. The summed E-state index contributed by atoms with van der Waals surface area (Å²) in [5, 5.41) is 10.4. The normalized spacial score (nSPS) is 34.5. The minimum Gasteiger partial charge on any atom is -0.460 e. The predicted molar refractivity (Wildman–Crippen MR) is 81.3 cm³/mol. The van der Waals surface area contributed by atoms with Gasteiger partial charge in [0.1, 0.15) is 18.3 Å². The van der Waals surface area contributed by atoms with Crippen LogP contribution >= 0.6 is 0 Å². The van der Waals surface area contributed by atoms with Gasteiger partial charge in [0.05, 0.1) is 11.7 Å². The quantitative estimate of drug-likeness (QED) is 0.751. The van der Waals surface area contributed by atoms with E-state index in [0.717, 1.165) is 16.7 Å². The number of benzene rings is 1. The summed E-state index contributed by atoms with van der Waals surface area (Å²) in [6.07, 6.45) is 1.36. The summed E-state index contributed by atoms with van der Waals surface area (Å²) in [7, 11) is 0. The topological polar surface area (TPSA) is 80.0 Å². The summed E-state index contributed by atoms with van der Waals surface area (Å²) in [6, 6.07) is 3.74. The predicted octanol–water partition coefficient (Wildman–Crippen LogP) is 2.07. The van der Waals surface area contributed by atoms with Crippen LogP contribution in [0.4, 0.5) is 0 Å². The van der Waals surface area contributed by atoms with Gasteiger partial charge in [0.2, 0.25) is 5.78 Å². The second-order valence-electron chi connectivity index (χ2n) is 7.33. The maximum Gasteiger partial charge on any atom is 0.229 e. The summed E-state index contributed by atoms with van der Waals surface area (Å²) in [5.41, 5.74) is 3.90. The van der Waals surface area contributed by atoms with E-state index in [1.807, 2.05) is 12.1 Å². The SMILES string of the molecule is C[C@@]12c3ccc4c(c3C(=O)c3occ(c31)[C@@H](O)[C@@H]1O[C@@H]12)CCC4=O. The molecule has 1 N–H and O–H groups in total. The summed E-state index contributed by atoms with van der Waals surface area (Å²) < 4.78 is 11.4. The minimum absolute atomic E-state index is 0.0938. The zero-order valence-corrected chi connectivity index (χ0v) is 13.0. The van der Waals surface area contributed by atoms with Crippen LogP contribution in [0, 0.1) is 0 Å². The highest BCUT2D eigenvalue weighted by Crippen LogP contribution is 2.60. The van der Waals surface area contributed by atoms with E-state index in [9.17, 15) is 14.7 Å². The van der Waals surface area contributed by atoms with Gasteiger partial charge in [-0.25, -0.2) is 0 Å². The van der Waals surface area contributed by atoms with Crippen LogP contribution in [0.2, 0.25) is 0 Å². The number of furan rings is 1. The Kier molecular flexibility index (Phi) is 2.02. The van der Waals surface area contributed by atoms with Gasteiger partial charge in [-0.2, -0.15) is 0 Å². The Balaban J connectivity index is 1.73. The Morgan fingerprint density at radius 2 is 2.08 bits per heavy atom. The third-order valence-corrected chi connectivity index (χ3v) is 6.27. The van der Waals surface area contributed by atoms with Crippen LogP contribution in [0.5, 0.6) is 0 Å².